The Bertz CT molecular complexity index is 1040. The Labute approximate surface area is 205 Å². The van der Waals surface area contributed by atoms with Crippen molar-refractivity contribution in [1.82, 2.24) is 24.3 Å². The second-order valence-electron chi connectivity index (χ2n) is 9.42. The van der Waals surface area contributed by atoms with E-state index >= 15 is 0 Å². The summed E-state index contributed by atoms with van der Waals surface area (Å²) in [6.07, 6.45) is 5.25. The summed E-state index contributed by atoms with van der Waals surface area (Å²) < 4.78 is 1.84. The van der Waals surface area contributed by atoms with E-state index in [1.165, 1.54) is 28.6 Å². The molecule has 2 aliphatic rings. The monoisotopic (exact) mass is 491 g/mol. The molecule has 1 saturated heterocycles. The molecule has 0 spiro atoms. The highest BCUT2D eigenvalue weighted by atomic mass is 32.2. The van der Waals surface area contributed by atoms with Gasteiger partial charge in [-0.3, -0.25) is 14.2 Å². The van der Waals surface area contributed by atoms with Gasteiger partial charge in [0.05, 0.1) is 10.6 Å². The van der Waals surface area contributed by atoms with Gasteiger partial charge in [-0.05, 0) is 71.8 Å². The highest BCUT2D eigenvalue weighted by molar-refractivity contribution is 8.00. The first-order valence-electron chi connectivity index (χ1n) is 12.3. The van der Waals surface area contributed by atoms with E-state index in [2.05, 4.69) is 16.7 Å². The van der Waals surface area contributed by atoms with E-state index in [0.29, 0.717) is 11.7 Å². The summed E-state index contributed by atoms with van der Waals surface area (Å²) in [7, 11) is 4.10. The molecule has 0 saturated carbocycles. The molecule has 7 nitrogen and oxygen atoms in total. The number of hydrogen-bond donors (Lipinski definition) is 0. The third-order valence-electron chi connectivity index (χ3n) is 6.79. The van der Waals surface area contributed by atoms with Gasteiger partial charge in [0.1, 0.15) is 4.83 Å². The van der Waals surface area contributed by atoms with Gasteiger partial charge in [-0.15, -0.1) is 11.3 Å². The number of aryl methyl sites for hydroxylation is 2. The second-order valence-corrected chi connectivity index (χ2v) is 11.8. The number of thiophene rings is 1. The van der Waals surface area contributed by atoms with Crippen molar-refractivity contribution < 1.29 is 4.79 Å². The molecule has 0 radical (unpaired) electrons. The van der Waals surface area contributed by atoms with Crippen molar-refractivity contribution in [2.24, 2.45) is 0 Å². The lowest BCUT2D eigenvalue weighted by molar-refractivity contribution is -0.132. The van der Waals surface area contributed by atoms with Crippen LogP contribution in [0.25, 0.3) is 10.2 Å². The van der Waals surface area contributed by atoms with Crippen LogP contribution >= 0.6 is 23.1 Å². The van der Waals surface area contributed by atoms with Crippen LogP contribution in [0.15, 0.2) is 9.95 Å². The van der Waals surface area contributed by atoms with Gasteiger partial charge in [-0.2, -0.15) is 0 Å². The third-order valence-corrected chi connectivity index (χ3v) is 9.05. The lowest BCUT2D eigenvalue weighted by Crippen LogP contribution is -2.50. The number of carbonyl (C=O) groups is 1. The summed E-state index contributed by atoms with van der Waals surface area (Å²) >= 11 is 3.14. The smallest absolute Gasteiger partial charge is 0.263 e. The number of nitrogens with zero attached hydrogens (tertiary/aromatic N) is 5. The Morgan fingerprint density at radius 3 is 2.61 bits per heavy atom. The molecule has 0 aromatic carbocycles. The lowest BCUT2D eigenvalue weighted by atomic mass is 9.97. The van der Waals surface area contributed by atoms with E-state index in [0.717, 1.165) is 75.2 Å². The van der Waals surface area contributed by atoms with E-state index in [4.69, 9.17) is 4.98 Å². The van der Waals surface area contributed by atoms with Crippen LogP contribution in [0.3, 0.4) is 0 Å². The van der Waals surface area contributed by atoms with Crippen molar-refractivity contribution in [1.29, 1.82) is 0 Å². The topological polar surface area (TPSA) is 61.7 Å². The van der Waals surface area contributed by atoms with Gasteiger partial charge in [0.15, 0.2) is 5.16 Å². The number of likely N-dealkylation sites (N-methyl/N-ethyl adjacent to an activating group) is 1. The van der Waals surface area contributed by atoms with Crippen LogP contribution in [0, 0.1) is 0 Å². The SMILES string of the molecule is CCN1CCN(C(=O)C(C)Sc2nc3sc4c(c3c(=O)n2CCCN(C)C)CCCC4)CC1. The number of carbonyl (C=O) groups excluding carboxylic acids is 1. The number of aromatic nitrogens is 2. The van der Waals surface area contributed by atoms with Gasteiger partial charge in [-0.1, -0.05) is 18.7 Å². The predicted molar refractivity (Wildman–Crippen MR) is 138 cm³/mol. The first-order valence-corrected chi connectivity index (χ1v) is 14.0. The fraction of sp³-hybridized carbons (Fsp3) is 0.708. The van der Waals surface area contributed by atoms with Crippen molar-refractivity contribution in [3.05, 3.63) is 20.8 Å². The Morgan fingerprint density at radius 1 is 1.18 bits per heavy atom. The van der Waals surface area contributed by atoms with Gasteiger partial charge in [0.25, 0.3) is 5.56 Å². The predicted octanol–water partition coefficient (Wildman–Crippen LogP) is 2.93. The Balaban J connectivity index is 1.60. The molecule has 33 heavy (non-hydrogen) atoms. The molecule has 3 heterocycles. The summed E-state index contributed by atoms with van der Waals surface area (Å²) in [5, 5.41) is 1.26. The Hall–Kier alpha value is -1.42. The van der Waals surface area contributed by atoms with Crippen molar-refractivity contribution in [3.63, 3.8) is 0 Å². The van der Waals surface area contributed by atoms with Gasteiger partial charge in [0.2, 0.25) is 5.91 Å². The Kier molecular flexibility index (Phi) is 8.15. The van der Waals surface area contributed by atoms with E-state index in [-0.39, 0.29) is 16.7 Å². The summed E-state index contributed by atoms with van der Waals surface area (Å²) in [6, 6.07) is 0. The number of thioether (sulfide) groups is 1. The van der Waals surface area contributed by atoms with E-state index in [1.807, 2.05) is 30.5 Å². The zero-order valence-electron chi connectivity index (χ0n) is 20.4. The first-order chi connectivity index (χ1) is 15.9. The fourth-order valence-corrected chi connectivity index (χ4v) is 7.12. The molecule has 1 unspecified atom stereocenters. The van der Waals surface area contributed by atoms with Crippen molar-refractivity contribution >= 4 is 39.2 Å². The number of piperazine rings is 1. The zero-order valence-corrected chi connectivity index (χ0v) is 22.1. The number of hydrogen-bond acceptors (Lipinski definition) is 7. The third kappa shape index (κ3) is 5.47. The van der Waals surface area contributed by atoms with E-state index < -0.39 is 0 Å². The highest BCUT2D eigenvalue weighted by Gasteiger charge is 2.28. The normalized spacial score (nSPS) is 18.2. The molecule has 4 rings (SSSR count). The molecule has 2 aromatic heterocycles. The molecule has 1 aliphatic carbocycles. The quantitative estimate of drug-likeness (QED) is 0.418. The molecule has 9 heteroatoms. The van der Waals surface area contributed by atoms with Crippen LogP contribution in [0.1, 0.15) is 43.6 Å². The van der Waals surface area contributed by atoms with Gasteiger partial charge < -0.3 is 14.7 Å². The minimum Gasteiger partial charge on any atom is -0.339 e. The maximum absolute atomic E-state index is 13.7. The number of amides is 1. The molecule has 2 aromatic rings. The van der Waals surface area contributed by atoms with Gasteiger partial charge in [0, 0.05) is 37.6 Å². The first kappa shape index (κ1) is 24.7. The molecule has 0 N–H and O–H groups in total. The van der Waals surface area contributed by atoms with Crippen LogP contribution in [0.4, 0.5) is 0 Å². The molecule has 1 fully saturated rings. The fourth-order valence-electron chi connectivity index (χ4n) is 4.80. The maximum atomic E-state index is 13.7. The molecule has 1 amide bonds. The average Bonchev–Trinajstić information content (AvgIpc) is 3.18. The minimum absolute atomic E-state index is 0.0804. The summed E-state index contributed by atoms with van der Waals surface area (Å²) in [6.45, 7) is 10.1. The van der Waals surface area contributed by atoms with Crippen molar-refractivity contribution in [2.75, 3.05) is 53.4 Å². The number of rotatable bonds is 8. The molecule has 1 atom stereocenters. The van der Waals surface area contributed by atoms with Gasteiger partial charge >= 0.3 is 0 Å². The van der Waals surface area contributed by atoms with Gasteiger partial charge in [-0.25, -0.2) is 4.98 Å². The molecular formula is C24H37N5O2S2. The highest BCUT2D eigenvalue weighted by Crippen LogP contribution is 2.35. The van der Waals surface area contributed by atoms with Crippen molar-refractivity contribution in [2.45, 2.75) is 62.9 Å². The van der Waals surface area contributed by atoms with E-state index in [9.17, 15) is 9.59 Å². The molecule has 0 bridgehead atoms. The van der Waals surface area contributed by atoms with Crippen LogP contribution in [0.2, 0.25) is 0 Å². The molecule has 1 aliphatic heterocycles. The summed E-state index contributed by atoms with van der Waals surface area (Å²) in [4.78, 5) is 40.5. The van der Waals surface area contributed by atoms with Crippen LogP contribution in [-0.2, 0) is 24.2 Å². The second kappa shape index (κ2) is 10.9. The number of fused-ring (bicyclic) bond motifs is 3. The minimum atomic E-state index is -0.266. The maximum Gasteiger partial charge on any atom is 0.263 e. The van der Waals surface area contributed by atoms with Crippen LogP contribution < -0.4 is 5.56 Å². The Morgan fingerprint density at radius 2 is 1.91 bits per heavy atom. The van der Waals surface area contributed by atoms with Crippen LogP contribution in [0.5, 0.6) is 0 Å². The summed E-state index contributed by atoms with van der Waals surface area (Å²) in [5.41, 5.74) is 1.31. The van der Waals surface area contributed by atoms with E-state index in [1.54, 1.807) is 11.3 Å². The largest absolute Gasteiger partial charge is 0.339 e. The van der Waals surface area contributed by atoms with Crippen LogP contribution in [-0.4, -0.2) is 88.8 Å². The average molecular weight is 492 g/mol. The summed E-state index contributed by atoms with van der Waals surface area (Å²) in [5.74, 6) is 0.149. The standard InChI is InChI=1S/C24H37N5O2S2/c1-5-27-13-15-28(16-14-27)22(30)17(2)32-24-25-21-20(18-9-6-7-10-19(18)33-21)23(31)29(24)12-8-11-26(3)4/h17H,5-16H2,1-4H3. The lowest BCUT2D eigenvalue weighted by Gasteiger charge is -2.35. The molecular weight excluding hydrogens is 454 g/mol. The molecule has 182 valence electrons. The zero-order chi connectivity index (χ0) is 23.5. The van der Waals surface area contributed by atoms with Crippen molar-refractivity contribution in [3.8, 4) is 0 Å².